The van der Waals surface area contributed by atoms with Crippen LogP contribution in [0.5, 0.6) is 5.75 Å². The molecule has 0 saturated carbocycles. The molecule has 1 aliphatic rings. The van der Waals surface area contributed by atoms with Crippen LogP contribution in [-0.4, -0.2) is 35.3 Å². The lowest BCUT2D eigenvalue weighted by Crippen LogP contribution is -2.28. The van der Waals surface area contributed by atoms with E-state index >= 15 is 0 Å². The zero-order valence-corrected chi connectivity index (χ0v) is 17.6. The van der Waals surface area contributed by atoms with Crippen LogP contribution in [0.4, 0.5) is 0 Å². The van der Waals surface area contributed by atoms with E-state index in [1.54, 1.807) is 22.7 Å². The van der Waals surface area contributed by atoms with Crippen LogP contribution < -0.4 is 4.74 Å². The summed E-state index contributed by atoms with van der Waals surface area (Å²) in [6, 6.07) is 17.3. The van der Waals surface area contributed by atoms with Crippen LogP contribution in [0.15, 0.2) is 64.0 Å². The molecule has 1 unspecified atom stereocenters. The quantitative estimate of drug-likeness (QED) is 0.501. The first kappa shape index (κ1) is 19.9. The first-order chi connectivity index (χ1) is 14.2. The molecule has 1 atom stereocenters. The van der Waals surface area contributed by atoms with Gasteiger partial charge in [-0.3, -0.25) is 4.79 Å². The van der Waals surface area contributed by atoms with E-state index in [9.17, 15) is 4.79 Å². The lowest BCUT2D eigenvalue weighted by molar-refractivity contribution is 0.0780. The number of nitrogens with zero attached hydrogens (tertiary/aromatic N) is 2. The van der Waals surface area contributed by atoms with Gasteiger partial charge in [-0.1, -0.05) is 47.1 Å². The maximum Gasteiger partial charge on any atom is 0.276 e. The summed E-state index contributed by atoms with van der Waals surface area (Å²) in [7, 11) is 0. The van der Waals surface area contributed by atoms with Gasteiger partial charge < -0.3 is 14.2 Å². The number of hydrogen-bond donors (Lipinski definition) is 0. The summed E-state index contributed by atoms with van der Waals surface area (Å²) in [4.78, 5) is 15.7. The number of benzene rings is 2. The molecule has 0 radical (unpaired) electrons. The van der Waals surface area contributed by atoms with Crippen molar-refractivity contribution in [3.8, 4) is 5.75 Å². The Morgan fingerprint density at radius 1 is 1.28 bits per heavy atom. The van der Waals surface area contributed by atoms with E-state index in [1.165, 1.54) is 0 Å². The SMILES string of the molecule is CSc1ccccc1OCc1cc(C(=O)N2CCC(c3ccccc3Cl)C2)no1. The van der Waals surface area contributed by atoms with E-state index in [-0.39, 0.29) is 18.4 Å². The molecule has 150 valence electrons. The molecule has 2 aromatic carbocycles. The van der Waals surface area contributed by atoms with Crippen LogP contribution in [0.1, 0.15) is 34.2 Å². The van der Waals surface area contributed by atoms with Crippen molar-refractivity contribution in [3.05, 3.63) is 76.6 Å². The minimum atomic E-state index is -0.126. The third kappa shape index (κ3) is 4.43. The number of thioether (sulfide) groups is 1. The summed E-state index contributed by atoms with van der Waals surface area (Å²) in [5, 5.41) is 4.70. The Labute approximate surface area is 179 Å². The van der Waals surface area contributed by atoms with E-state index in [0.717, 1.165) is 27.7 Å². The summed E-state index contributed by atoms with van der Waals surface area (Å²) >= 11 is 7.93. The minimum Gasteiger partial charge on any atom is -0.484 e. The van der Waals surface area contributed by atoms with Crippen molar-refractivity contribution in [2.45, 2.75) is 23.8 Å². The number of ether oxygens (including phenoxy) is 1. The standard InChI is InChI=1S/C22H21ClN2O3S/c1-29-21-9-5-4-8-20(21)27-14-16-12-19(24-28-16)22(26)25-11-10-15(13-25)17-6-2-3-7-18(17)23/h2-9,12,15H,10-11,13-14H2,1H3. The summed E-state index contributed by atoms with van der Waals surface area (Å²) in [5.74, 6) is 1.42. The fraction of sp³-hybridized carbons (Fsp3) is 0.273. The Balaban J connectivity index is 1.38. The number of likely N-dealkylation sites (tertiary alicyclic amines) is 1. The molecule has 4 rings (SSSR count). The molecule has 1 fully saturated rings. The van der Waals surface area contributed by atoms with Gasteiger partial charge in [-0.05, 0) is 36.4 Å². The van der Waals surface area contributed by atoms with Gasteiger partial charge in [-0.15, -0.1) is 11.8 Å². The van der Waals surface area contributed by atoms with E-state index in [4.69, 9.17) is 20.9 Å². The highest BCUT2D eigenvalue weighted by atomic mass is 35.5. The molecule has 0 N–H and O–H groups in total. The zero-order chi connectivity index (χ0) is 20.2. The molecule has 1 amide bonds. The first-order valence-electron chi connectivity index (χ1n) is 9.41. The zero-order valence-electron chi connectivity index (χ0n) is 16.0. The number of carbonyl (C=O) groups is 1. The van der Waals surface area contributed by atoms with Gasteiger partial charge in [0.2, 0.25) is 0 Å². The van der Waals surface area contributed by atoms with Crippen molar-refractivity contribution >= 4 is 29.3 Å². The van der Waals surface area contributed by atoms with Crippen LogP contribution in [0.25, 0.3) is 0 Å². The van der Waals surface area contributed by atoms with Crippen molar-refractivity contribution in [2.75, 3.05) is 19.3 Å². The molecule has 29 heavy (non-hydrogen) atoms. The summed E-state index contributed by atoms with van der Waals surface area (Å²) < 4.78 is 11.1. The Morgan fingerprint density at radius 2 is 2.07 bits per heavy atom. The highest BCUT2D eigenvalue weighted by Crippen LogP contribution is 2.32. The van der Waals surface area contributed by atoms with Crippen molar-refractivity contribution in [2.24, 2.45) is 0 Å². The highest BCUT2D eigenvalue weighted by molar-refractivity contribution is 7.98. The van der Waals surface area contributed by atoms with Gasteiger partial charge in [-0.2, -0.15) is 0 Å². The largest absolute Gasteiger partial charge is 0.484 e. The van der Waals surface area contributed by atoms with Crippen molar-refractivity contribution in [1.82, 2.24) is 10.1 Å². The normalized spacial score (nSPS) is 16.2. The van der Waals surface area contributed by atoms with Gasteiger partial charge in [0.05, 0.1) is 0 Å². The molecule has 0 aliphatic carbocycles. The second kappa shape index (κ2) is 8.93. The number of carbonyl (C=O) groups excluding carboxylic acids is 1. The molecule has 7 heteroatoms. The minimum absolute atomic E-state index is 0.126. The smallest absolute Gasteiger partial charge is 0.276 e. The molecule has 2 heterocycles. The van der Waals surface area contributed by atoms with E-state index in [0.29, 0.717) is 24.5 Å². The third-order valence-corrected chi connectivity index (χ3v) is 6.16. The van der Waals surface area contributed by atoms with Gasteiger partial charge in [0.1, 0.15) is 12.4 Å². The van der Waals surface area contributed by atoms with Crippen LogP contribution in [0, 0.1) is 0 Å². The lowest BCUT2D eigenvalue weighted by atomic mass is 9.98. The Kier molecular flexibility index (Phi) is 6.11. The number of aromatic nitrogens is 1. The summed E-state index contributed by atoms with van der Waals surface area (Å²) in [6.45, 7) is 1.52. The topological polar surface area (TPSA) is 55.6 Å². The molecule has 3 aromatic rings. The van der Waals surface area contributed by atoms with Gasteiger partial charge in [-0.25, -0.2) is 0 Å². The van der Waals surface area contributed by atoms with Crippen molar-refractivity contribution in [1.29, 1.82) is 0 Å². The summed E-state index contributed by atoms with van der Waals surface area (Å²) in [5.41, 5.74) is 1.40. The lowest BCUT2D eigenvalue weighted by Gasteiger charge is -2.15. The Bertz CT molecular complexity index is 1010. The molecule has 1 saturated heterocycles. The van der Waals surface area contributed by atoms with Crippen LogP contribution in [0.3, 0.4) is 0 Å². The molecule has 1 aromatic heterocycles. The van der Waals surface area contributed by atoms with Crippen molar-refractivity contribution < 1.29 is 14.1 Å². The number of para-hydroxylation sites is 1. The van der Waals surface area contributed by atoms with Crippen LogP contribution in [-0.2, 0) is 6.61 Å². The monoisotopic (exact) mass is 428 g/mol. The molecular formula is C22H21ClN2O3S. The molecular weight excluding hydrogens is 408 g/mol. The highest BCUT2D eigenvalue weighted by Gasteiger charge is 2.30. The summed E-state index contributed by atoms with van der Waals surface area (Å²) in [6.07, 6.45) is 2.88. The van der Waals surface area contributed by atoms with Gasteiger partial charge >= 0.3 is 0 Å². The fourth-order valence-electron chi connectivity index (χ4n) is 3.54. The van der Waals surface area contributed by atoms with Gasteiger partial charge in [0.25, 0.3) is 5.91 Å². The Morgan fingerprint density at radius 3 is 2.90 bits per heavy atom. The maximum atomic E-state index is 12.8. The first-order valence-corrected chi connectivity index (χ1v) is 11.0. The number of halogens is 1. The third-order valence-electron chi connectivity index (χ3n) is 5.04. The van der Waals surface area contributed by atoms with E-state index < -0.39 is 0 Å². The van der Waals surface area contributed by atoms with Crippen LogP contribution in [0.2, 0.25) is 5.02 Å². The predicted molar refractivity (Wildman–Crippen MR) is 114 cm³/mol. The average molecular weight is 429 g/mol. The second-order valence-corrected chi connectivity index (χ2v) is 8.13. The average Bonchev–Trinajstić information content (AvgIpc) is 3.42. The fourth-order valence-corrected chi connectivity index (χ4v) is 4.37. The Hall–Kier alpha value is -2.44. The molecule has 5 nitrogen and oxygen atoms in total. The predicted octanol–water partition coefficient (Wildman–Crippen LogP) is 5.26. The molecule has 0 bridgehead atoms. The van der Waals surface area contributed by atoms with Crippen molar-refractivity contribution in [3.63, 3.8) is 0 Å². The number of hydrogen-bond acceptors (Lipinski definition) is 5. The van der Waals surface area contributed by atoms with Gasteiger partial charge in [0.15, 0.2) is 11.5 Å². The maximum absolute atomic E-state index is 12.8. The number of rotatable bonds is 6. The van der Waals surface area contributed by atoms with Gasteiger partial charge in [0, 0.05) is 35.0 Å². The second-order valence-electron chi connectivity index (χ2n) is 6.88. The molecule has 1 aliphatic heterocycles. The number of amides is 1. The molecule has 0 spiro atoms. The van der Waals surface area contributed by atoms with Crippen LogP contribution >= 0.6 is 23.4 Å². The van der Waals surface area contributed by atoms with E-state index in [1.807, 2.05) is 54.8 Å². The van der Waals surface area contributed by atoms with E-state index in [2.05, 4.69) is 5.16 Å².